The molecule has 0 aliphatic heterocycles. The van der Waals surface area contributed by atoms with E-state index in [1.165, 1.54) is 7.11 Å². The first-order valence-electron chi connectivity index (χ1n) is 9.52. The molecule has 0 unspecified atom stereocenters. The Labute approximate surface area is 179 Å². The van der Waals surface area contributed by atoms with E-state index in [9.17, 15) is 4.79 Å². The molecular weight excluding hydrogens is 398 g/mol. The third kappa shape index (κ3) is 4.42. The fourth-order valence-electron chi connectivity index (χ4n) is 3.09. The Morgan fingerprint density at radius 1 is 1.00 bits per heavy atom. The van der Waals surface area contributed by atoms with Gasteiger partial charge in [0.15, 0.2) is 0 Å². The Morgan fingerprint density at radius 2 is 1.84 bits per heavy atom. The van der Waals surface area contributed by atoms with Crippen molar-refractivity contribution < 1.29 is 23.7 Å². The summed E-state index contributed by atoms with van der Waals surface area (Å²) in [7, 11) is 4.82. The number of aromatic nitrogens is 3. The van der Waals surface area contributed by atoms with Crippen molar-refractivity contribution in [2.75, 3.05) is 14.2 Å². The van der Waals surface area contributed by atoms with Gasteiger partial charge in [0.2, 0.25) is 5.88 Å². The third-order valence-corrected chi connectivity index (χ3v) is 4.72. The largest absolute Gasteiger partial charge is 0.486 e. The molecule has 0 aliphatic carbocycles. The molecule has 0 atom stereocenters. The molecule has 0 N–H and O–H groups in total. The number of aryl methyl sites for hydroxylation is 1. The lowest BCUT2D eigenvalue weighted by Crippen LogP contribution is -2.05. The maximum absolute atomic E-state index is 11.7. The molecule has 158 valence electrons. The highest BCUT2D eigenvalue weighted by molar-refractivity contribution is 5.89. The number of methoxy groups -OCH3 is 2. The number of carbonyl (C=O) groups is 1. The summed E-state index contributed by atoms with van der Waals surface area (Å²) in [5, 5.41) is 0. The van der Waals surface area contributed by atoms with Gasteiger partial charge >= 0.3 is 5.97 Å². The molecule has 31 heavy (non-hydrogen) atoms. The van der Waals surface area contributed by atoms with Crippen LogP contribution in [0.5, 0.6) is 23.1 Å². The molecule has 0 fully saturated rings. The smallest absolute Gasteiger partial charge is 0.337 e. The minimum Gasteiger partial charge on any atom is -0.486 e. The molecule has 4 rings (SSSR count). The summed E-state index contributed by atoms with van der Waals surface area (Å²) in [5.74, 6) is 2.67. The second-order valence-corrected chi connectivity index (χ2v) is 6.68. The van der Waals surface area contributed by atoms with Gasteiger partial charge in [-0.2, -0.15) is 0 Å². The zero-order valence-corrected chi connectivity index (χ0v) is 17.4. The number of pyridine rings is 1. The molecule has 2 aromatic heterocycles. The molecule has 0 saturated carbocycles. The molecule has 0 spiro atoms. The number of nitrogens with zero attached hydrogens (tertiary/aromatic N) is 3. The molecule has 0 bridgehead atoms. The van der Waals surface area contributed by atoms with Gasteiger partial charge in [-0.3, -0.25) is 0 Å². The van der Waals surface area contributed by atoms with E-state index in [1.54, 1.807) is 49.7 Å². The Bertz CT molecular complexity index is 1240. The maximum Gasteiger partial charge on any atom is 0.337 e. The average molecular weight is 419 g/mol. The molecule has 2 heterocycles. The van der Waals surface area contributed by atoms with E-state index in [1.807, 2.05) is 29.8 Å². The molecule has 2 aromatic carbocycles. The van der Waals surface area contributed by atoms with Crippen molar-refractivity contribution in [3.05, 3.63) is 72.2 Å². The normalized spacial score (nSPS) is 10.7. The summed E-state index contributed by atoms with van der Waals surface area (Å²) >= 11 is 0. The van der Waals surface area contributed by atoms with Crippen LogP contribution in [0.25, 0.3) is 11.0 Å². The Balaban J connectivity index is 1.52. The number of hydrogen-bond donors (Lipinski definition) is 0. The molecule has 0 radical (unpaired) electrons. The average Bonchev–Trinajstić information content (AvgIpc) is 3.12. The zero-order valence-electron chi connectivity index (χ0n) is 17.4. The minimum absolute atomic E-state index is 0.244. The van der Waals surface area contributed by atoms with E-state index in [2.05, 4.69) is 9.97 Å². The van der Waals surface area contributed by atoms with Crippen LogP contribution in [-0.4, -0.2) is 34.7 Å². The number of carbonyl (C=O) groups excluding carboxylic acids is 1. The quantitative estimate of drug-likeness (QED) is 0.416. The van der Waals surface area contributed by atoms with Gasteiger partial charge in [0.25, 0.3) is 0 Å². The first-order valence-corrected chi connectivity index (χ1v) is 9.52. The fourth-order valence-corrected chi connectivity index (χ4v) is 3.09. The van der Waals surface area contributed by atoms with E-state index >= 15 is 0 Å². The Kier molecular flexibility index (Phi) is 5.70. The van der Waals surface area contributed by atoms with Gasteiger partial charge in [0.1, 0.15) is 29.7 Å². The number of ether oxygens (including phenoxy) is 4. The second kappa shape index (κ2) is 8.74. The standard InChI is InChI=1S/C23H21N3O5/c1-26-20-12-17(31-18-9-10-24-22(13-18)28-2)7-8-19(20)25-21(26)14-30-16-6-4-5-15(11-16)23(27)29-3/h4-13H,14H2,1-3H3. The lowest BCUT2D eigenvalue weighted by Gasteiger charge is -2.08. The van der Waals surface area contributed by atoms with Crippen molar-refractivity contribution in [1.82, 2.24) is 14.5 Å². The molecule has 0 saturated heterocycles. The predicted molar refractivity (Wildman–Crippen MR) is 114 cm³/mol. The van der Waals surface area contributed by atoms with Crippen LogP contribution < -0.4 is 14.2 Å². The van der Waals surface area contributed by atoms with Crippen molar-refractivity contribution >= 4 is 17.0 Å². The predicted octanol–water partition coefficient (Wildman–Crippen LogP) is 4.13. The first kappa shape index (κ1) is 20.2. The number of rotatable bonds is 7. The minimum atomic E-state index is -0.410. The first-order chi connectivity index (χ1) is 15.1. The van der Waals surface area contributed by atoms with Gasteiger partial charge in [0, 0.05) is 25.4 Å². The van der Waals surface area contributed by atoms with E-state index in [4.69, 9.17) is 18.9 Å². The van der Waals surface area contributed by atoms with Gasteiger partial charge in [-0.1, -0.05) is 6.07 Å². The van der Waals surface area contributed by atoms with Gasteiger partial charge in [-0.05, 0) is 36.4 Å². The van der Waals surface area contributed by atoms with Crippen molar-refractivity contribution in [3.8, 4) is 23.1 Å². The summed E-state index contributed by atoms with van der Waals surface area (Å²) in [4.78, 5) is 20.4. The summed E-state index contributed by atoms with van der Waals surface area (Å²) in [6.45, 7) is 0.244. The Morgan fingerprint density at radius 3 is 2.65 bits per heavy atom. The highest BCUT2D eigenvalue weighted by Crippen LogP contribution is 2.27. The van der Waals surface area contributed by atoms with E-state index in [0.717, 1.165) is 16.9 Å². The van der Waals surface area contributed by atoms with E-state index in [0.29, 0.717) is 28.7 Å². The highest BCUT2D eigenvalue weighted by atomic mass is 16.5. The zero-order chi connectivity index (χ0) is 21.8. The van der Waals surface area contributed by atoms with E-state index in [-0.39, 0.29) is 6.61 Å². The van der Waals surface area contributed by atoms with Crippen molar-refractivity contribution in [1.29, 1.82) is 0 Å². The van der Waals surface area contributed by atoms with Crippen molar-refractivity contribution in [2.45, 2.75) is 6.61 Å². The lowest BCUT2D eigenvalue weighted by atomic mass is 10.2. The SMILES string of the molecule is COC(=O)c1cccc(OCc2nc3ccc(Oc4ccnc(OC)c4)cc3n2C)c1. The number of hydrogen-bond acceptors (Lipinski definition) is 7. The lowest BCUT2D eigenvalue weighted by molar-refractivity contribution is 0.0600. The van der Waals surface area contributed by atoms with Crippen LogP contribution in [0.4, 0.5) is 0 Å². The molecule has 4 aromatic rings. The number of fused-ring (bicyclic) bond motifs is 1. The van der Waals surface area contributed by atoms with Gasteiger partial charge in [0.05, 0.1) is 30.8 Å². The van der Waals surface area contributed by atoms with Crippen LogP contribution in [0.3, 0.4) is 0 Å². The monoisotopic (exact) mass is 419 g/mol. The molecule has 8 heteroatoms. The third-order valence-electron chi connectivity index (χ3n) is 4.72. The number of benzene rings is 2. The highest BCUT2D eigenvalue weighted by Gasteiger charge is 2.12. The van der Waals surface area contributed by atoms with Crippen LogP contribution in [-0.2, 0) is 18.4 Å². The second-order valence-electron chi connectivity index (χ2n) is 6.68. The van der Waals surface area contributed by atoms with Crippen LogP contribution in [0.15, 0.2) is 60.8 Å². The molecule has 0 aliphatic rings. The topological polar surface area (TPSA) is 84.7 Å². The van der Waals surface area contributed by atoms with E-state index < -0.39 is 5.97 Å². The molecule has 0 amide bonds. The van der Waals surface area contributed by atoms with Crippen LogP contribution in [0.1, 0.15) is 16.2 Å². The van der Waals surface area contributed by atoms with Crippen LogP contribution in [0, 0.1) is 0 Å². The summed E-state index contributed by atoms with van der Waals surface area (Å²) in [5.41, 5.74) is 2.16. The maximum atomic E-state index is 11.7. The van der Waals surface area contributed by atoms with Gasteiger partial charge in [-0.25, -0.2) is 14.8 Å². The number of imidazole rings is 1. The van der Waals surface area contributed by atoms with Gasteiger partial charge in [-0.15, -0.1) is 0 Å². The summed E-state index contributed by atoms with van der Waals surface area (Å²) < 4.78 is 23.6. The molecule has 8 nitrogen and oxygen atoms in total. The van der Waals surface area contributed by atoms with Crippen LogP contribution >= 0.6 is 0 Å². The van der Waals surface area contributed by atoms with Gasteiger partial charge < -0.3 is 23.5 Å². The summed E-state index contributed by atoms with van der Waals surface area (Å²) in [6, 6.07) is 16.0. The van der Waals surface area contributed by atoms with Crippen LogP contribution in [0.2, 0.25) is 0 Å². The molecular formula is C23H21N3O5. The summed E-state index contributed by atoms with van der Waals surface area (Å²) in [6.07, 6.45) is 1.63. The van der Waals surface area contributed by atoms with Crippen molar-refractivity contribution in [3.63, 3.8) is 0 Å². The Hall–Kier alpha value is -4.07. The van der Waals surface area contributed by atoms with Crippen molar-refractivity contribution in [2.24, 2.45) is 7.05 Å². The fraction of sp³-hybridized carbons (Fsp3) is 0.174. The number of esters is 1.